The summed E-state index contributed by atoms with van der Waals surface area (Å²) in [5.74, 6) is 1.36. The van der Waals surface area contributed by atoms with Gasteiger partial charge in [-0.3, -0.25) is 4.79 Å². The van der Waals surface area contributed by atoms with E-state index < -0.39 is 0 Å². The summed E-state index contributed by atoms with van der Waals surface area (Å²) in [4.78, 5) is 30.1. The van der Waals surface area contributed by atoms with Gasteiger partial charge in [-0.25, -0.2) is 4.79 Å². The fraction of sp³-hybridized carbons (Fsp3) is 0.333. The average Bonchev–Trinajstić information content (AvgIpc) is 3.37. The van der Waals surface area contributed by atoms with Crippen LogP contribution in [-0.4, -0.2) is 60.2 Å². The average molecular weight is 477 g/mol. The second kappa shape index (κ2) is 11.0. The first kappa shape index (κ1) is 24.2. The number of methoxy groups -OCH3 is 2. The van der Waals surface area contributed by atoms with Gasteiger partial charge in [0, 0.05) is 37.2 Å². The van der Waals surface area contributed by atoms with Crippen molar-refractivity contribution in [2.75, 3.05) is 39.2 Å². The molecule has 1 aromatic heterocycles. The lowest BCUT2D eigenvalue weighted by Gasteiger charge is -2.38. The Bertz CT molecular complexity index is 1160. The Morgan fingerprint density at radius 2 is 1.77 bits per heavy atom. The fourth-order valence-electron chi connectivity index (χ4n) is 4.47. The van der Waals surface area contributed by atoms with Gasteiger partial charge in [0.1, 0.15) is 18.0 Å². The van der Waals surface area contributed by atoms with E-state index in [4.69, 9.17) is 9.47 Å². The topological polar surface area (TPSA) is 76.0 Å². The van der Waals surface area contributed by atoms with E-state index in [1.54, 1.807) is 43.4 Å². The molecule has 0 unspecified atom stereocenters. The summed E-state index contributed by atoms with van der Waals surface area (Å²) >= 11 is 0. The van der Waals surface area contributed by atoms with Crippen LogP contribution in [0.1, 0.15) is 30.6 Å². The number of urea groups is 1. The highest BCUT2D eigenvalue weighted by Crippen LogP contribution is 2.34. The molecule has 2 heterocycles. The molecule has 0 radical (unpaired) electrons. The molecular weight excluding hydrogens is 444 g/mol. The smallest absolute Gasteiger partial charge is 0.322 e. The largest absolute Gasteiger partial charge is 0.497 e. The van der Waals surface area contributed by atoms with Crippen molar-refractivity contribution in [2.45, 2.75) is 25.9 Å². The summed E-state index contributed by atoms with van der Waals surface area (Å²) in [6.45, 7) is 3.73. The Morgan fingerprint density at radius 1 is 1.00 bits per heavy atom. The van der Waals surface area contributed by atoms with Crippen LogP contribution in [0, 0.1) is 0 Å². The monoisotopic (exact) mass is 476 g/mol. The number of nitrogens with zero attached hydrogens (tertiary/aromatic N) is 3. The minimum atomic E-state index is -0.302. The molecule has 8 nitrogen and oxygen atoms in total. The predicted molar refractivity (Wildman–Crippen MR) is 135 cm³/mol. The van der Waals surface area contributed by atoms with E-state index in [-0.39, 0.29) is 24.5 Å². The van der Waals surface area contributed by atoms with E-state index in [1.165, 1.54) is 0 Å². The summed E-state index contributed by atoms with van der Waals surface area (Å²) in [5, 5.41) is 2.90. The number of ether oxygens (including phenoxy) is 2. The maximum absolute atomic E-state index is 13.6. The van der Waals surface area contributed by atoms with Crippen LogP contribution in [0.5, 0.6) is 11.5 Å². The molecular formula is C27H32N4O4. The zero-order valence-electron chi connectivity index (χ0n) is 20.4. The SMILES string of the molecule is CCCN(CC(=O)N1CCn2cccc2[C@H]1c1cccc(OC)c1)C(=O)Nc1ccc(OC)cc1. The van der Waals surface area contributed by atoms with E-state index in [9.17, 15) is 9.59 Å². The lowest BCUT2D eigenvalue weighted by atomic mass is 9.99. The van der Waals surface area contributed by atoms with Crippen LogP contribution in [0.25, 0.3) is 0 Å². The molecule has 4 rings (SSSR count). The van der Waals surface area contributed by atoms with Gasteiger partial charge in [0.25, 0.3) is 0 Å². The third-order valence-electron chi connectivity index (χ3n) is 6.22. The van der Waals surface area contributed by atoms with Gasteiger partial charge in [0.2, 0.25) is 5.91 Å². The molecule has 35 heavy (non-hydrogen) atoms. The van der Waals surface area contributed by atoms with Crippen molar-refractivity contribution >= 4 is 17.6 Å². The highest BCUT2D eigenvalue weighted by atomic mass is 16.5. The van der Waals surface area contributed by atoms with Gasteiger partial charge in [-0.2, -0.15) is 0 Å². The van der Waals surface area contributed by atoms with Crippen molar-refractivity contribution in [2.24, 2.45) is 0 Å². The third kappa shape index (κ3) is 5.42. The summed E-state index contributed by atoms with van der Waals surface area (Å²) in [6, 6.07) is 18.4. The zero-order chi connectivity index (χ0) is 24.8. The van der Waals surface area contributed by atoms with Crippen molar-refractivity contribution in [1.82, 2.24) is 14.4 Å². The molecule has 8 heteroatoms. The van der Waals surface area contributed by atoms with Crippen LogP contribution in [-0.2, 0) is 11.3 Å². The first-order valence-corrected chi connectivity index (χ1v) is 11.8. The minimum absolute atomic E-state index is 0.00297. The number of amides is 3. The normalized spacial score (nSPS) is 14.7. The molecule has 0 saturated heterocycles. The summed E-state index contributed by atoms with van der Waals surface area (Å²) < 4.78 is 12.8. The second-order valence-corrected chi connectivity index (χ2v) is 8.47. The minimum Gasteiger partial charge on any atom is -0.497 e. The van der Waals surface area contributed by atoms with Gasteiger partial charge in [0.15, 0.2) is 0 Å². The maximum Gasteiger partial charge on any atom is 0.322 e. The second-order valence-electron chi connectivity index (χ2n) is 8.47. The Morgan fingerprint density at radius 3 is 2.49 bits per heavy atom. The molecule has 1 aliphatic rings. The number of hydrogen-bond donors (Lipinski definition) is 1. The van der Waals surface area contributed by atoms with Crippen molar-refractivity contribution in [1.29, 1.82) is 0 Å². The molecule has 3 amide bonds. The number of hydrogen-bond acceptors (Lipinski definition) is 4. The van der Waals surface area contributed by atoms with E-state index in [0.717, 1.165) is 23.4 Å². The van der Waals surface area contributed by atoms with Crippen molar-refractivity contribution < 1.29 is 19.1 Å². The lowest BCUT2D eigenvalue weighted by molar-refractivity contribution is -0.134. The number of benzene rings is 2. The molecule has 0 bridgehead atoms. The van der Waals surface area contributed by atoms with E-state index in [0.29, 0.717) is 31.1 Å². The summed E-state index contributed by atoms with van der Waals surface area (Å²) in [5.41, 5.74) is 2.67. The zero-order valence-corrected chi connectivity index (χ0v) is 20.4. The summed E-state index contributed by atoms with van der Waals surface area (Å²) in [6.07, 6.45) is 2.78. The Balaban J connectivity index is 1.54. The van der Waals surface area contributed by atoms with Gasteiger partial charge < -0.3 is 29.2 Å². The van der Waals surface area contributed by atoms with Crippen LogP contribution in [0.4, 0.5) is 10.5 Å². The molecule has 0 spiro atoms. The number of carbonyl (C=O) groups excluding carboxylic acids is 2. The maximum atomic E-state index is 13.6. The molecule has 1 aliphatic heterocycles. The number of rotatable bonds is 8. The lowest BCUT2D eigenvalue weighted by Crippen LogP contribution is -2.48. The van der Waals surface area contributed by atoms with Crippen LogP contribution in [0.3, 0.4) is 0 Å². The third-order valence-corrected chi connectivity index (χ3v) is 6.22. The Labute approximate surface area is 206 Å². The van der Waals surface area contributed by atoms with Crippen LogP contribution < -0.4 is 14.8 Å². The number of fused-ring (bicyclic) bond motifs is 1. The molecule has 0 saturated carbocycles. The molecule has 1 atom stereocenters. The molecule has 0 fully saturated rings. The van der Waals surface area contributed by atoms with Gasteiger partial charge in [-0.15, -0.1) is 0 Å². The van der Waals surface area contributed by atoms with Gasteiger partial charge in [-0.1, -0.05) is 19.1 Å². The van der Waals surface area contributed by atoms with E-state index in [1.807, 2.05) is 54.4 Å². The van der Waals surface area contributed by atoms with Crippen LogP contribution in [0.2, 0.25) is 0 Å². The Kier molecular flexibility index (Phi) is 7.60. The highest BCUT2D eigenvalue weighted by Gasteiger charge is 2.33. The van der Waals surface area contributed by atoms with Crippen molar-refractivity contribution in [3.8, 4) is 11.5 Å². The van der Waals surface area contributed by atoms with Gasteiger partial charge >= 0.3 is 6.03 Å². The standard InChI is InChI=1S/C27H32N4O4/c1-4-14-30(27(33)28-21-10-12-22(34-2)13-11-21)19-25(32)31-17-16-29-15-6-9-24(29)26(31)20-7-5-8-23(18-20)35-3/h5-13,15,18,26H,4,14,16-17,19H2,1-3H3,(H,28,33)/t26-/m1/s1. The quantitative estimate of drug-likeness (QED) is 0.524. The molecule has 2 aromatic carbocycles. The van der Waals surface area contributed by atoms with Gasteiger partial charge in [0.05, 0.1) is 20.3 Å². The number of carbonyl (C=O) groups is 2. The molecule has 0 aliphatic carbocycles. The van der Waals surface area contributed by atoms with Crippen LogP contribution >= 0.6 is 0 Å². The Hall–Kier alpha value is -3.94. The molecule has 184 valence electrons. The van der Waals surface area contributed by atoms with E-state index in [2.05, 4.69) is 9.88 Å². The number of aromatic nitrogens is 1. The first-order valence-electron chi connectivity index (χ1n) is 11.8. The predicted octanol–water partition coefficient (Wildman–Crippen LogP) is 4.38. The molecule has 1 N–H and O–H groups in total. The highest BCUT2D eigenvalue weighted by molar-refractivity contribution is 5.92. The number of anilines is 1. The van der Waals surface area contributed by atoms with Crippen molar-refractivity contribution in [3.05, 3.63) is 78.1 Å². The van der Waals surface area contributed by atoms with Crippen LogP contribution in [0.15, 0.2) is 66.9 Å². The number of nitrogens with one attached hydrogen (secondary N) is 1. The summed E-state index contributed by atoms with van der Waals surface area (Å²) in [7, 11) is 3.23. The van der Waals surface area contributed by atoms with Crippen molar-refractivity contribution in [3.63, 3.8) is 0 Å². The fourth-order valence-corrected chi connectivity index (χ4v) is 4.47. The molecule has 3 aromatic rings. The van der Waals surface area contributed by atoms with E-state index >= 15 is 0 Å². The van der Waals surface area contributed by atoms with Gasteiger partial charge in [-0.05, 0) is 60.5 Å². The first-order chi connectivity index (χ1) is 17.0.